The van der Waals surface area contributed by atoms with E-state index >= 15 is 0 Å². The zero-order chi connectivity index (χ0) is 49.6. The molecule has 0 saturated carbocycles. The molecule has 0 radical (unpaired) electrons. The number of Topliss-reactive ketones (excluding diaryl/α,β-unsaturated/α-hetero) is 1. The van der Waals surface area contributed by atoms with Crippen molar-refractivity contribution in [2.75, 3.05) is 52.3 Å². The van der Waals surface area contributed by atoms with E-state index in [-0.39, 0.29) is 62.9 Å². The summed E-state index contributed by atoms with van der Waals surface area (Å²) in [4.78, 5) is 97.9. The van der Waals surface area contributed by atoms with Gasteiger partial charge in [-0.1, -0.05) is 94.3 Å². The molecule has 2 aromatic carbocycles. The molecular weight excluding hydrogens is 885 g/mol. The summed E-state index contributed by atoms with van der Waals surface area (Å²) in [6.45, 7) is 9.58. The van der Waals surface area contributed by atoms with Crippen LogP contribution in [0.5, 0.6) is 0 Å². The molecule has 5 N–H and O–H groups in total. The second-order valence-electron chi connectivity index (χ2n) is 17.7. The molecule has 1 saturated heterocycles. The summed E-state index contributed by atoms with van der Waals surface area (Å²) in [5.41, 5.74) is -0.678. The van der Waals surface area contributed by atoms with E-state index in [0.717, 1.165) is 18.7 Å². The molecule has 18 nitrogen and oxygen atoms in total. The fourth-order valence-electron chi connectivity index (χ4n) is 7.20. The summed E-state index contributed by atoms with van der Waals surface area (Å²) in [7, 11) is -4.17. The molecule has 368 valence electrons. The van der Waals surface area contributed by atoms with E-state index in [4.69, 9.17) is 20.1 Å². The van der Waals surface area contributed by atoms with Gasteiger partial charge in [-0.05, 0) is 55.6 Å². The van der Waals surface area contributed by atoms with Crippen molar-refractivity contribution in [3.63, 3.8) is 0 Å². The van der Waals surface area contributed by atoms with Crippen molar-refractivity contribution in [1.29, 1.82) is 0 Å². The van der Waals surface area contributed by atoms with Crippen molar-refractivity contribution in [1.82, 2.24) is 31.5 Å². The van der Waals surface area contributed by atoms with Crippen LogP contribution in [-0.4, -0.2) is 137 Å². The number of nitrogens with one attached hydrogen (secondary N) is 5. The lowest BCUT2D eigenvalue weighted by Crippen LogP contribution is -2.60. The first-order valence-corrected chi connectivity index (χ1v) is 24.4. The van der Waals surface area contributed by atoms with Gasteiger partial charge >= 0.3 is 5.97 Å². The lowest BCUT2D eigenvalue weighted by molar-refractivity contribution is -0.170. The van der Waals surface area contributed by atoms with Crippen molar-refractivity contribution in [2.24, 2.45) is 11.8 Å². The molecule has 5 amide bonds. The molecule has 2 unspecified atom stereocenters. The Morgan fingerprint density at radius 2 is 1.28 bits per heavy atom. The minimum Gasteiger partial charge on any atom is -0.449 e. The number of ether oxygens (including phenoxy) is 2. The van der Waals surface area contributed by atoms with Crippen LogP contribution in [0.25, 0.3) is 0 Å². The van der Waals surface area contributed by atoms with Crippen molar-refractivity contribution in [3.8, 4) is 12.3 Å². The first-order chi connectivity index (χ1) is 31.7. The third-order valence-corrected chi connectivity index (χ3v) is 11.2. The maximum absolute atomic E-state index is 14.5. The van der Waals surface area contributed by atoms with Crippen molar-refractivity contribution < 1.29 is 55.6 Å². The largest absolute Gasteiger partial charge is 0.449 e. The van der Waals surface area contributed by atoms with Gasteiger partial charge in [0.25, 0.3) is 10.1 Å². The molecule has 1 aliphatic heterocycles. The Kier molecular flexibility index (Phi) is 23.1. The third kappa shape index (κ3) is 21.2. The fraction of sp³-hybridized carbons (Fsp3) is 0.562. The van der Waals surface area contributed by atoms with Gasteiger partial charge in [0.15, 0.2) is 5.60 Å². The van der Waals surface area contributed by atoms with Gasteiger partial charge in [0, 0.05) is 25.9 Å². The van der Waals surface area contributed by atoms with Crippen LogP contribution in [0.3, 0.4) is 0 Å². The average molecular weight is 953 g/mol. The van der Waals surface area contributed by atoms with Crippen molar-refractivity contribution >= 4 is 51.4 Å². The van der Waals surface area contributed by atoms with Gasteiger partial charge in [0.2, 0.25) is 35.3 Å². The molecule has 0 aliphatic carbocycles. The van der Waals surface area contributed by atoms with Crippen LogP contribution in [0, 0.1) is 24.2 Å². The standard InChI is InChI=1S/C48H68N6O12S/c1-8-23-49-41(55)21-22-43(57)66-48(6,32-65-67(7,62)63)44(58)38(28-33(2)3)51-47(61)40(30-36-17-13-10-14-18-36)53-46(60)39(29-34(4)5)52-45(59)37(20-19-35-15-11-9-12-16-35)50-42(56)31-54-24-26-64-27-25-54/h1,9-18,33-34,37-40H,19-32H2,2-7H3,(H,49,55)(H,50,56)(H,51,61)(H,52,59)(H,53,60)/t37-,38?,39-,40-,48?/m0/s1. The number of terminal acetylenes is 1. The zero-order valence-corrected chi connectivity index (χ0v) is 40.3. The third-order valence-electron chi connectivity index (χ3n) is 10.6. The van der Waals surface area contributed by atoms with E-state index in [1.54, 1.807) is 44.2 Å². The van der Waals surface area contributed by atoms with Crippen LogP contribution >= 0.6 is 0 Å². The maximum Gasteiger partial charge on any atom is 0.307 e. The van der Waals surface area contributed by atoms with Gasteiger partial charge in [-0.25, -0.2) is 0 Å². The number of rotatable bonds is 28. The average Bonchev–Trinajstić information content (AvgIpc) is 3.27. The summed E-state index contributed by atoms with van der Waals surface area (Å²) in [5, 5.41) is 13.7. The normalized spacial score (nSPS) is 15.7. The molecule has 3 rings (SSSR count). The first-order valence-electron chi connectivity index (χ1n) is 22.6. The Hall–Kier alpha value is -5.68. The molecule has 0 spiro atoms. The number of esters is 1. The molecular formula is C48H68N6O12S. The number of carbonyl (C=O) groups excluding carboxylic acids is 7. The lowest BCUT2D eigenvalue weighted by atomic mass is 9.89. The summed E-state index contributed by atoms with van der Waals surface area (Å²) in [6.07, 6.45) is 5.88. The number of amides is 5. The predicted molar refractivity (Wildman–Crippen MR) is 250 cm³/mol. The summed E-state index contributed by atoms with van der Waals surface area (Å²) in [6, 6.07) is 13.3. The summed E-state index contributed by atoms with van der Waals surface area (Å²) < 4.78 is 40.2. The van der Waals surface area contributed by atoms with E-state index < -0.39 is 88.3 Å². The van der Waals surface area contributed by atoms with Gasteiger partial charge in [0.05, 0.1) is 45.0 Å². The number of hydrogen-bond donors (Lipinski definition) is 5. The van der Waals surface area contributed by atoms with E-state index in [1.165, 1.54) is 0 Å². The van der Waals surface area contributed by atoms with Crippen molar-refractivity contribution in [3.05, 3.63) is 71.8 Å². The van der Waals surface area contributed by atoms with Gasteiger partial charge < -0.3 is 36.1 Å². The second kappa shape index (κ2) is 27.8. The Balaban J connectivity index is 1.92. The highest BCUT2D eigenvalue weighted by molar-refractivity contribution is 7.86. The molecule has 1 fully saturated rings. The van der Waals surface area contributed by atoms with E-state index in [2.05, 4.69) is 32.5 Å². The Morgan fingerprint density at radius 3 is 1.87 bits per heavy atom. The SMILES string of the molecule is C#CCNC(=O)CCC(=O)OC(C)(COS(C)(=O)=O)C(=O)C(CC(C)C)NC(=O)[C@H](Cc1ccccc1)NC(=O)[C@H](CC(C)C)NC(=O)[C@H](CCc1ccccc1)NC(=O)CN1CCOCC1. The van der Waals surface area contributed by atoms with Crippen molar-refractivity contribution in [2.45, 2.75) is 109 Å². The minimum atomic E-state index is -4.17. The fourth-order valence-corrected chi connectivity index (χ4v) is 7.64. The highest BCUT2D eigenvalue weighted by atomic mass is 32.2. The number of carbonyl (C=O) groups is 7. The number of nitrogens with zero attached hydrogens (tertiary/aromatic N) is 1. The molecule has 1 heterocycles. The number of ketones is 1. The monoisotopic (exact) mass is 952 g/mol. The highest BCUT2D eigenvalue weighted by Gasteiger charge is 2.44. The van der Waals surface area contributed by atoms with Gasteiger partial charge in [0.1, 0.15) is 24.7 Å². The molecule has 19 heteroatoms. The maximum atomic E-state index is 14.5. The van der Waals surface area contributed by atoms with Crippen LogP contribution in [0.1, 0.15) is 77.8 Å². The second-order valence-corrected chi connectivity index (χ2v) is 19.3. The number of morpholine rings is 1. The van der Waals surface area contributed by atoms with Crippen LogP contribution < -0.4 is 26.6 Å². The quantitative estimate of drug-likeness (QED) is 0.0463. The van der Waals surface area contributed by atoms with Crippen LogP contribution in [0.2, 0.25) is 0 Å². The number of hydrogen-bond acceptors (Lipinski definition) is 13. The smallest absolute Gasteiger partial charge is 0.307 e. The van der Waals surface area contributed by atoms with Crippen LogP contribution in [0.15, 0.2) is 60.7 Å². The van der Waals surface area contributed by atoms with E-state index in [9.17, 15) is 42.0 Å². The topological polar surface area (TPSA) is 245 Å². The van der Waals surface area contributed by atoms with E-state index in [0.29, 0.717) is 38.3 Å². The Morgan fingerprint density at radius 1 is 0.746 bits per heavy atom. The molecule has 0 aromatic heterocycles. The highest BCUT2D eigenvalue weighted by Crippen LogP contribution is 2.22. The number of aryl methyl sites for hydroxylation is 1. The minimum absolute atomic E-state index is 0.00918. The Labute approximate surface area is 394 Å². The van der Waals surface area contributed by atoms with Gasteiger partial charge in [-0.15, -0.1) is 6.42 Å². The van der Waals surface area contributed by atoms with E-state index in [1.807, 2.05) is 49.1 Å². The number of benzene rings is 2. The zero-order valence-electron chi connectivity index (χ0n) is 39.5. The first kappa shape index (κ1) is 55.6. The van der Waals surface area contributed by atoms with Crippen LogP contribution in [-0.2, 0) is 70.2 Å². The molecule has 1 aliphatic rings. The van der Waals surface area contributed by atoms with Gasteiger partial charge in [-0.2, -0.15) is 8.42 Å². The molecule has 67 heavy (non-hydrogen) atoms. The summed E-state index contributed by atoms with van der Waals surface area (Å²) in [5.74, 6) is -3.06. The van der Waals surface area contributed by atoms with Crippen LogP contribution in [0.4, 0.5) is 0 Å². The molecule has 5 atom stereocenters. The lowest BCUT2D eigenvalue weighted by Gasteiger charge is -2.33. The molecule has 0 bridgehead atoms. The predicted octanol–water partition coefficient (Wildman–Crippen LogP) is 1.60. The Bertz CT molecular complexity index is 2110. The summed E-state index contributed by atoms with van der Waals surface area (Å²) >= 11 is 0. The van der Waals surface area contributed by atoms with Gasteiger partial charge in [-0.3, -0.25) is 42.6 Å². The molecule has 2 aromatic rings.